The molecular formula is C36H37N3O6S. The van der Waals surface area contributed by atoms with Crippen LogP contribution in [0, 0.1) is 0 Å². The van der Waals surface area contributed by atoms with Gasteiger partial charge in [-0.05, 0) is 83.8 Å². The number of amides is 3. The number of benzene rings is 4. The quantitative estimate of drug-likeness (QED) is 0.107. The summed E-state index contributed by atoms with van der Waals surface area (Å²) >= 11 is 1.38. The monoisotopic (exact) mass is 639 g/mol. The van der Waals surface area contributed by atoms with Crippen LogP contribution in [0.15, 0.2) is 102 Å². The number of nitrogens with one attached hydrogen (secondary N) is 3. The van der Waals surface area contributed by atoms with E-state index in [1.54, 1.807) is 54.6 Å². The lowest BCUT2D eigenvalue weighted by Gasteiger charge is -2.15. The van der Waals surface area contributed by atoms with E-state index in [4.69, 9.17) is 14.2 Å². The number of anilines is 2. The lowest BCUT2D eigenvalue weighted by Crippen LogP contribution is -2.30. The number of hydrogen-bond donors (Lipinski definition) is 3. The van der Waals surface area contributed by atoms with E-state index in [0.717, 1.165) is 10.6 Å². The predicted octanol–water partition coefficient (Wildman–Crippen LogP) is 6.98. The van der Waals surface area contributed by atoms with Crippen molar-refractivity contribution in [3.8, 4) is 17.2 Å². The minimum absolute atomic E-state index is 0.000300. The first-order valence-electron chi connectivity index (χ1n) is 14.5. The Morgan fingerprint density at radius 3 is 1.91 bits per heavy atom. The van der Waals surface area contributed by atoms with Crippen molar-refractivity contribution in [1.82, 2.24) is 5.32 Å². The van der Waals surface area contributed by atoms with Crippen LogP contribution in [-0.2, 0) is 9.59 Å². The number of methoxy groups -OCH3 is 3. The van der Waals surface area contributed by atoms with Gasteiger partial charge in [-0.1, -0.05) is 44.2 Å². The second kappa shape index (κ2) is 16.2. The van der Waals surface area contributed by atoms with E-state index in [1.807, 2.05) is 36.4 Å². The van der Waals surface area contributed by atoms with Gasteiger partial charge < -0.3 is 30.2 Å². The van der Waals surface area contributed by atoms with Crippen LogP contribution in [0.25, 0.3) is 6.08 Å². The standard InChI is InChI=1S/C36H37N3O6S/c1-23(2)25-11-13-27(14-12-25)37-33(40)22-46-29-17-15-28(16-18-29)38-36(42)30(39-35(41)26-9-7-6-8-10-26)19-24-20-31(43-3)34(45-5)32(21-24)44-4/h6-21,23H,22H2,1-5H3,(H,37,40)(H,38,42)(H,39,41)/b30-19-. The molecule has 0 unspecified atom stereocenters. The van der Waals surface area contributed by atoms with E-state index in [0.29, 0.717) is 40.0 Å². The fraction of sp³-hybridized carbons (Fsp3) is 0.194. The molecule has 0 radical (unpaired) electrons. The number of carbonyl (C=O) groups excluding carboxylic acids is 3. The third-order valence-electron chi connectivity index (χ3n) is 6.87. The normalized spacial score (nSPS) is 11.0. The van der Waals surface area contributed by atoms with E-state index < -0.39 is 11.8 Å². The van der Waals surface area contributed by atoms with Crippen LogP contribution in [0.5, 0.6) is 17.2 Å². The first kappa shape index (κ1) is 33.7. The molecule has 3 amide bonds. The maximum atomic E-state index is 13.5. The zero-order valence-electron chi connectivity index (χ0n) is 26.4. The lowest BCUT2D eigenvalue weighted by atomic mass is 10.0. The Bertz CT molecular complexity index is 1660. The van der Waals surface area contributed by atoms with Crippen LogP contribution in [0.4, 0.5) is 11.4 Å². The number of ether oxygens (including phenoxy) is 3. The summed E-state index contributed by atoms with van der Waals surface area (Å²) in [4.78, 5) is 39.9. The second-order valence-corrected chi connectivity index (χ2v) is 11.5. The molecule has 0 aliphatic heterocycles. The topological polar surface area (TPSA) is 115 Å². The molecule has 4 aromatic rings. The Kier molecular flexibility index (Phi) is 11.9. The van der Waals surface area contributed by atoms with Crippen molar-refractivity contribution in [1.29, 1.82) is 0 Å². The zero-order valence-corrected chi connectivity index (χ0v) is 27.2. The van der Waals surface area contributed by atoms with E-state index in [1.165, 1.54) is 44.7 Å². The number of thioether (sulfide) groups is 1. The predicted molar refractivity (Wildman–Crippen MR) is 183 cm³/mol. The molecule has 4 rings (SSSR count). The van der Waals surface area contributed by atoms with Crippen LogP contribution in [0.3, 0.4) is 0 Å². The molecule has 3 N–H and O–H groups in total. The second-order valence-electron chi connectivity index (χ2n) is 10.4. The molecule has 0 aliphatic carbocycles. The Morgan fingerprint density at radius 1 is 0.761 bits per heavy atom. The summed E-state index contributed by atoms with van der Waals surface area (Å²) in [5, 5.41) is 8.48. The highest BCUT2D eigenvalue weighted by Gasteiger charge is 2.18. The van der Waals surface area contributed by atoms with E-state index in [-0.39, 0.29) is 17.4 Å². The molecule has 0 saturated carbocycles. The van der Waals surface area contributed by atoms with Crippen molar-refractivity contribution in [2.45, 2.75) is 24.7 Å². The average Bonchev–Trinajstić information content (AvgIpc) is 3.07. The molecule has 0 saturated heterocycles. The van der Waals surface area contributed by atoms with Crippen LogP contribution in [0.2, 0.25) is 0 Å². The fourth-order valence-corrected chi connectivity index (χ4v) is 5.12. The van der Waals surface area contributed by atoms with Gasteiger partial charge in [0.2, 0.25) is 11.7 Å². The zero-order chi connectivity index (χ0) is 33.1. The molecule has 9 nitrogen and oxygen atoms in total. The minimum atomic E-state index is -0.540. The van der Waals surface area contributed by atoms with Gasteiger partial charge in [0.25, 0.3) is 11.8 Å². The smallest absolute Gasteiger partial charge is 0.272 e. The summed E-state index contributed by atoms with van der Waals surface area (Å²) in [5.74, 6) is 0.737. The summed E-state index contributed by atoms with van der Waals surface area (Å²) in [6, 6.07) is 26.9. The number of rotatable bonds is 13. The molecule has 46 heavy (non-hydrogen) atoms. The van der Waals surface area contributed by atoms with Gasteiger partial charge in [0.05, 0.1) is 27.1 Å². The summed E-state index contributed by atoms with van der Waals surface area (Å²) in [6.07, 6.45) is 1.53. The van der Waals surface area contributed by atoms with Gasteiger partial charge in [-0.15, -0.1) is 11.8 Å². The summed E-state index contributed by atoms with van der Waals surface area (Å²) < 4.78 is 16.3. The van der Waals surface area contributed by atoms with Crippen LogP contribution < -0.4 is 30.2 Å². The highest BCUT2D eigenvalue weighted by atomic mass is 32.2. The highest BCUT2D eigenvalue weighted by molar-refractivity contribution is 8.00. The van der Waals surface area contributed by atoms with E-state index >= 15 is 0 Å². The first-order valence-corrected chi connectivity index (χ1v) is 15.5. The average molecular weight is 640 g/mol. The Labute approximate surface area is 273 Å². The summed E-state index contributed by atoms with van der Waals surface area (Å²) in [7, 11) is 4.49. The fourth-order valence-electron chi connectivity index (χ4n) is 4.42. The van der Waals surface area contributed by atoms with Gasteiger partial charge >= 0.3 is 0 Å². The molecule has 4 aromatic carbocycles. The molecule has 0 aliphatic rings. The molecule has 0 fully saturated rings. The molecular weight excluding hydrogens is 602 g/mol. The van der Waals surface area contributed by atoms with Crippen LogP contribution in [-0.4, -0.2) is 44.8 Å². The van der Waals surface area contributed by atoms with Crippen molar-refractivity contribution >= 4 is 46.9 Å². The van der Waals surface area contributed by atoms with Gasteiger partial charge in [0.15, 0.2) is 11.5 Å². The van der Waals surface area contributed by atoms with Crippen LogP contribution in [0.1, 0.15) is 41.3 Å². The third-order valence-corrected chi connectivity index (χ3v) is 7.88. The van der Waals surface area contributed by atoms with Gasteiger partial charge in [0.1, 0.15) is 5.70 Å². The summed E-state index contributed by atoms with van der Waals surface area (Å²) in [5.41, 5.74) is 3.40. The first-order chi connectivity index (χ1) is 22.2. The molecule has 0 bridgehead atoms. The molecule has 0 aromatic heterocycles. The third kappa shape index (κ3) is 9.15. The van der Waals surface area contributed by atoms with Gasteiger partial charge in [-0.25, -0.2) is 0 Å². The minimum Gasteiger partial charge on any atom is -0.493 e. The van der Waals surface area contributed by atoms with Crippen molar-refractivity contribution in [3.63, 3.8) is 0 Å². The van der Waals surface area contributed by atoms with Crippen molar-refractivity contribution < 1.29 is 28.6 Å². The van der Waals surface area contributed by atoms with Gasteiger partial charge in [0, 0.05) is 21.8 Å². The SMILES string of the molecule is COc1cc(/C=C(\NC(=O)c2ccccc2)C(=O)Nc2ccc(SCC(=O)Nc3ccc(C(C)C)cc3)cc2)cc(OC)c1OC. The molecule has 0 spiro atoms. The van der Waals surface area contributed by atoms with Crippen molar-refractivity contribution in [3.05, 3.63) is 113 Å². The molecule has 0 heterocycles. The van der Waals surface area contributed by atoms with E-state index in [2.05, 4.69) is 29.8 Å². The summed E-state index contributed by atoms with van der Waals surface area (Å²) in [6.45, 7) is 4.25. The lowest BCUT2D eigenvalue weighted by molar-refractivity contribution is -0.114. The number of hydrogen-bond acceptors (Lipinski definition) is 7. The van der Waals surface area contributed by atoms with Crippen molar-refractivity contribution in [2.24, 2.45) is 0 Å². The Morgan fingerprint density at radius 2 is 1.35 bits per heavy atom. The molecule has 238 valence electrons. The van der Waals surface area contributed by atoms with Crippen LogP contribution >= 0.6 is 11.8 Å². The van der Waals surface area contributed by atoms with Gasteiger partial charge in [-0.2, -0.15) is 0 Å². The van der Waals surface area contributed by atoms with Crippen molar-refractivity contribution in [2.75, 3.05) is 37.7 Å². The maximum Gasteiger partial charge on any atom is 0.272 e. The molecule has 0 atom stereocenters. The number of carbonyl (C=O) groups is 3. The molecule has 10 heteroatoms. The Balaban J connectivity index is 1.46. The van der Waals surface area contributed by atoms with E-state index in [9.17, 15) is 14.4 Å². The maximum absolute atomic E-state index is 13.5. The Hall–Kier alpha value is -5.22. The van der Waals surface area contributed by atoms with Gasteiger partial charge in [-0.3, -0.25) is 14.4 Å². The highest BCUT2D eigenvalue weighted by Crippen LogP contribution is 2.38. The largest absolute Gasteiger partial charge is 0.493 e.